The van der Waals surface area contributed by atoms with E-state index in [0.29, 0.717) is 6.42 Å². The van der Waals surface area contributed by atoms with Gasteiger partial charge in [-0.2, -0.15) is 0 Å². The molecule has 0 radical (unpaired) electrons. The SMILES string of the molecule is Cc1ccc(CCC(=O)NCC(=O)NCC(F)(F)CN)cc1.Cl. The van der Waals surface area contributed by atoms with Gasteiger partial charge in [0.05, 0.1) is 19.6 Å². The zero-order chi connectivity index (χ0) is 16.6. The minimum Gasteiger partial charge on any atom is -0.348 e. The molecule has 0 saturated heterocycles. The van der Waals surface area contributed by atoms with Crippen LogP contribution in [0.4, 0.5) is 8.78 Å². The van der Waals surface area contributed by atoms with Crippen LogP contribution in [0.25, 0.3) is 0 Å². The maximum absolute atomic E-state index is 12.8. The summed E-state index contributed by atoms with van der Waals surface area (Å²) in [6, 6.07) is 7.78. The van der Waals surface area contributed by atoms with Crippen LogP contribution in [0.1, 0.15) is 17.5 Å². The molecule has 1 rings (SSSR count). The molecule has 8 heteroatoms. The van der Waals surface area contributed by atoms with Crippen LogP contribution in [-0.4, -0.2) is 37.4 Å². The average molecular weight is 350 g/mol. The second kappa shape index (κ2) is 10.1. The number of carbonyl (C=O) groups is 2. The maximum Gasteiger partial charge on any atom is 0.277 e. The van der Waals surface area contributed by atoms with Gasteiger partial charge in [0.15, 0.2) is 0 Å². The molecule has 0 heterocycles. The lowest BCUT2D eigenvalue weighted by atomic mass is 10.1. The highest BCUT2D eigenvalue weighted by Crippen LogP contribution is 2.08. The van der Waals surface area contributed by atoms with Gasteiger partial charge in [0.25, 0.3) is 5.92 Å². The Hall–Kier alpha value is -1.73. The van der Waals surface area contributed by atoms with Gasteiger partial charge in [0, 0.05) is 6.42 Å². The van der Waals surface area contributed by atoms with Crippen LogP contribution in [-0.2, 0) is 16.0 Å². The quantitative estimate of drug-likeness (QED) is 0.659. The molecule has 130 valence electrons. The molecule has 0 fully saturated rings. The average Bonchev–Trinajstić information content (AvgIpc) is 2.50. The molecule has 0 aliphatic rings. The Morgan fingerprint density at radius 2 is 1.74 bits per heavy atom. The molecule has 0 aliphatic heterocycles. The molecular weight excluding hydrogens is 328 g/mol. The van der Waals surface area contributed by atoms with Crippen molar-refractivity contribution in [1.29, 1.82) is 0 Å². The van der Waals surface area contributed by atoms with Crippen molar-refractivity contribution >= 4 is 24.2 Å². The van der Waals surface area contributed by atoms with E-state index < -0.39 is 24.9 Å². The van der Waals surface area contributed by atoms with E-state index in [2.05, 4.69) is 5.32 Å². The number of nitrogens with two attached hydrogens (primary N) is 1. The fraction of sp³-hybridized carbons (Fsp3) is 0.467. The molecule has 23 heavy (non-hydrogen) atoms. The summed E-state index contributed by atoms with van der Waals surface area (Å²) in [5.41, 5.74) is 7.01. The number of nitrogens with one attached hydrogen (secondary N) is 2. The van der Waals surface area contributed by atoms with Crippen molar-refractivity contribution in [1.82, 2.24) is 10.6 Å². The Morgan fingerprint density at radius 1 is 1.13 bits per heavy atom. The Morgan fingerprint density at radius 3 is 2.30 bits per heavy atom. The number of hydrogen-bond donors (Lipinski definition) is 3. The van der Waals surface area contributed by atoms with E-state index in [1.807, 2.05) is 36.5 Å². The van der Waals surface area contributed by atoms with E-state index in [1.165, 1.54) is 0 Å². The zero-order valence-corrected chi connectivity index (χ0v) is 13.7. The highest BCUT2D eigenvalue weighted by atomic mass is 35.5. The molecule has 0 bridgehead atoms. The summed E-state index contributed by atoms with van der Waals surface area (Å²) < 4.78 is 25.6. The van der Waals surface area contributed by atoms with Crippen LogP contribution >= 0.6 is 12.4 Å². The lowest BCUT2D eigenvalue weighted by Gasteiger charge is -2.14. The number of carbonyl (C=O) groups excluding carboxylic acids is 2. The van der Waals surface area contributed by atoms with Gasteiger partial charge in [0.1, 0.15) is 0 Å². The first-order chi connectivity index (χ1) is 10.3. The standard InChI is InChI=1S/C15H21F2N3O2.ClH/c1-11-2-4-12(5-3-11)6-7-13(21)19-8-14(22)20-10-15(16,17)9-18;/h2-5H,6-10,18H2,1H3,(H,19,21)(H,20,22);1H. The molecule has 4 N–H and O–H groups in total. The minimum atomic E-state index is -3.13. The number of benzene rings is 1. The second-order valence-electron chi connectivity index (χ2n) is 5.10. The first-order valence-corrected chi connectivity index (χ1v) is 6.99. The normalized spacial score (nSPS) is 10.6. The topological polar surface area (TPSA) is 84.2 Å². The molecule has 5 nitrogen and oxygen atoms in total. The van der Waals surface area contributed by atoms with Crippen LogP contribution in [0.3, 0.4) is 0 Å². The van der Waals surface area contributed by atoms with Gasteiger partial charge >= 0.3 is 0 Å². The van der Waals surface area contributed by atoms with Gasteiger partial charge in [-0.1, -0.05) is 29.8 Å². The molecule has 0 unspecified atom stereocenters. The minimum absolute atomic E-state index is 0. The summed E-state index contributed by atoms with van der Waals surface area (Å²) in [4.78, 5) is 22.9. The van der Waals surface area contributed by atoms with Crippen molar-refractivity contribution in [3.8, 4) is 0 Å². The third kappa shape index (κ3) is 9.10. The third-order valence-electron chi connectivity index (χ3n) is 3.05. The third-order valence-corrected chi connectivity index (χ3v) is 3.05. The van der Waals surface area contributed by atoms with E-state index >= 15 is 0 Å². The van der Waals surface area contributed by atoms with Crippen molar-refractivity contribution in [3.05, 3.63) is 35.4 Å². The van der Waals surface area contributed by atoms with Crippen molar-refractivity contribution in [2.24, 2.45) is 5.73 Å². The molecule has 0 aliphatic carbocycles. The van der Waals surface area contributed by atoms with Gasteiger partial charge in [0.2, 0.25) is 11.8 Å². The number of amides is 2. The lowest BCUT2D eigenvalue weighted by Crippen LogP contribution is -2.45. The number of rotatable bonds is 8. The second-order valence-corrected chi connectivity index (χ2v) is 5.10. The van der Waals surface area contributed by atoms with Gasteiger partial charge in [-0.05, 0) is 18.9 Å². The molecule has 2 amide bonds. The van der Waals surface area contributed by atoms with Crippen molar-refractivity contribution in [2.75, 3.05) is 19.6 Å². The highest BCUT2D eigenvalue weighted by Gasteiger charge is 2.27. The van der Waals surface area contributed by atoms with Gasteiger partial charge < -0.3 is 16.4 Å². The van der Waals surface area contributed by atoms with E-state index in [9.17, 15) is 18.4 Å². The Balaban J connectivity index is 0.00000484. The zero-order valence-electron chi connectivity index (χ0n) is 12.9. The number of halogens is 3. The van der Waals surface area contributed by atoms with Gasteiger partial charge in [-0.3, -0.25) is 9.59 Å². The van der Waals surface area contributed by atoms with E-state index in [4.69, 9.17) is 5.73 Å². The van der Waals surface area contributed by atoms with E-state index in [-0.39, 0.29) is 31.3 Å². The Bertz CT molecular complexity index is 510. The Kier molecular flexibility index (Phi) is 9.36. The van der Waals surface area contributed by atoms with Crippen molar-refractivity contribution in [2.45, 2.75) is 25.7 Å². The monoisotopic (exact) mass is 349 g/mol. The smallest absolute Gasteiger partial charge is 0.277 e. The van der Waals surface area contributed by atoms with Crippen molar-refractivity contribution < 1.29 is 18.4 Å². The summed E-state index contributed by atoms with van der Waals surface area (Å²) in [7, 11) is 0. The number of aryl methyl sites for hydroxylation is 2. The van der Waals surface area contributed by atoms with Crippen LogP contribution in [0, 0.1) is 6.92 Å². The fourth-order valence-corrected chi connectivity index (χ4v) is 1.64. The molecule has 1 aromatic rings. The van der Waals surface area contributed by atoms with Crippen LogP contribution in [0.15, 0.2) is 24.3 Å². The summed E-state index contributed by atoms with van der Waals surface area (Å²) in [5.74, 6) is -4.11. The summed E-state index contributed by atoms with van der Waals surface area (Å²) in [6.07, 6.45) is 0.786. The molecule has 0 atom stereocenters. The summed E-state index contributed by atoms with van der Waals surface area (Å²) in [5, 5.41) is 4.42. The van der Waals surface area contributed by atoms with Crippen LogP contribution < -0.4 is 16.4 Å². The van der Waals surface area contributed by atoms with Gasteiger partial charge in [-0.15, -0.1) is 12.4 Å². The largest absolute Gasteiger partial charge is 0.348 e. The molecule has 0 saturated carbocycles. The molecule has 1 aromatic carbocycles. The van der Waals surface area contributed by atoms with Crippen molar-refractivity contribution in [3.63, 3.8) is 0 Å². The molecule has 0 aromatic heterocycles. The van der Waals surface area contributed by atoms with Crippen LogP contribution in [0.5, 0.6) is 0 Å². The first kappa shape index (κ1) is 21.3. The van der Waals surface area contributed by atoms with E-state index in [1.54, 1.807) is 0 Å². The lowest BCUT2D eigenvalue weighted by molar-refractivity contribution is -0.126. The number of hydrogen-bond acceptors (Lipinski definition) is 3. The maximum atomic E-state index is 12.8. The van der Waals surface area contributed by atoms with E-state index in [0.717, 1.165) is 11.1 Å². The summed E-state index contributed by atoms with van der Waals surface area (Å²) >= 11 is 0. The number of alkyl halides is 2. The van der Waals surface area contributed by atoms with Crippen LogP contribution in [0.2, 0.25) is 0 Å². The van der Waals surface area contributed by atoms with Gasteiger partial charge in [-0.25, -0.2) is 8.78 Å². The Labute approximate surface area is 140 Å². The summed E-state index contributed by atoms with van der Waals surface area (Å²) in [6.45, 7) is -0.0194. The molecule has 0 spiro atoms. The molecular formula is C15H22ClF2N3O2. The first-order valence-electron chi connectivity index (χ1n) is 6.99. The highest BCUT2D eigenvalue weighted by molar-refractivity contribution is 5.85. The predicted molar refractivity (Wildman–Crippen MR) is 86.8 cm³/mol. The fourth-order valence-electron chi connectivity index (χ4n) is 1.64. The predicted octanol–water partition coefficient (Wildman–Crippen LogP) is 1.18.